The van der Waals surface area contributed by atoms with Crippen LogP contribution in [0.15, 0.2) is 18.3 Å². The second kappa shape index (κ2) is 4.45. The number of aromatic nitrogens is 1. The first-order valence-electron chi connectivity index (χ1n) is 4.03. The Morgan fingerprint density at radius 2 is 2.42 bits per heavy atom. The Kier molecular flexibility index (Phi) is 3.53. The van der Waals surface area contributed by atoms with Gasteiger partial charge in [0, 0.05) is 11.0 Å². The maximum absolute atomic E-state index is 5.68. The molecule has 2 nitrogen and oxygen atoms in total. The molecule has 0 aliphatic rings. The molecule has 1 atom stereocenters. The number of pyridine rings is 1. The molecule has 0 spiro atoms. The van der Waals surface area contributed by atoms with Crippen molar-refractivity contribution in [1.29, 1.82) is 0 Å². The van der Waals surface area contributed by atoms with Crippen molar-refractivity contribution < 1.29 is 0 Å². The molecule has 0 saturated heterocycles. The van der Waals surface area contributed by atoms with Gasteiger partial charge in [-0.3, -0.25) is 0 Å². The van der Waals surface area contributed by atoms with E-state index < -0.39 is 0 Å². The summed E-state index contributed by atoms with van der Waals surface area (Å²) in [7, 11) is 0. The SMILES string of the molecule is CC(Br)CCc1cccnc1N. The predicted octanol–water partition coefficient (Wildman–Crippen LogP) is 2.38. The molecule has 3 heteroatoms. The van der Waals surface area contributed by atoms with Crippen LogP contribution in [-0.4, -0.2) is 9.81 Å². The summed E-state index contributed by atoms with van der Waals surface area (Å²) in [5.41, 5.74) is 6.82. The smallest absolute Gasteiger partial charge is 0.126 e. The maximum Gasteiger partial charge on any atom is 0.126 e. The third-order valence-electron chi connectivity index (χ3n) is 1.74. The number of halogens is 1. The minimum Gasteiger partial charge on any atom is -0.383 e. The van der Waals surface area contributed by atoms with Crippen molar-refractivity contribution >= 4 is 21.7 Å². The van der Waals surface area contributed by atoms with E-state index in [2.05, 4.69) is 27.8 Å². The normalized spacial score (nSPS) is 12.8. The van der Waals surface area contributed by atoms with E-state index in [1.807, 2.05) is 12.1 Å². The Morgan fingerprint density at radius 3 is 3.00 bits per heavy atom. The summed E-state index contributed by atoms with van der Waals surface area (Å²) in [6.07, 6.45) is 3.80. The molecule has 0 aliphatic heterocycles. The van der Waals surface area contributed by atoms with E-state index in [1.165, 1.54) is 0 Å². The van der Waals surface area contributed by atoms with Crippen LogP contribution >= 0.6 is 15.9 Å². The summed E-state index contributed by atoms with van der Waals surface area (Å²) in [6, 6.07) is 3.95. The fraction of sp³-hybridized carbons (Fsp3) is 0.444. The summed E-state index contributed by atoms with van der Waals surface area (Å²) in [5, 5.41) is 0. The van der Waals surface area contributed by atoms with E-state index in [-0.39, 0.29) is 0 Å². The van der Waals surface area contributed by atoms with Gasteiger partial charge < -0.3 is 5.73 Å². The molecule has 0 radical (unpaired) electrons. The summed E-state index contributed by atoms with van der Waals surface area (Å²) >= 11 is 3.50. The Morgan fingerprint density at radius 1 is 1.67 bits per heavy atom. The first kappa shape index (κ1) is 9.52. The molecule has 0 bridgehead atoms. The number of nitrogens with two attached hydrogens (primary N) is 1. The summed E-state index contributed by atoms with van der Waals surface area (Å²) in [5.74, 6) is 0.658. The number of nitrogen functional groups attached to an aromatic ring is 1. The lowest BCUT2D eigenvalue weighted by Gasteiger charge is -2.04. The molecule has 2 N–H and O–H groups in total. The van der Waals surface area contributed by atoms with Crippen LogP contribution in [0.1, 0.15) is 18.9 Å². The quantitative estimate of drug-likeness (QED) is 0.808. The third kappa shape index (κ3) is 2.81. The highest BCUT2D eigenvalue weighted by molar-refractivity contribution is 9.09. The minimum atomic E-state index is 0.539. The van der Waals surface area contributed by atoms with E-state index in [4.69, 9.17) is 5.73 Å². The molecule has 0 fully saturated rings. The topological polar surface area (TPSA) is 38.9 Å². The van der Waals surface area contributed by atoms with Crippen molar-refractivity contribution in [1.82, 2.24) is 4.98 Å². The predicted molar refractivity (Wildman–Crippen MR) is 55.4 cm³/mol. The van der Waals surface area contributed by atoms with Crippen LogP contribution in [0.25, 0.3) is 0 Å². The highest BCUT2D eigenvalue weighted by Gasteiger charge is 2.01. The van der Waals surface area contributed by atoms with E-state index >= 15 is 0 Å². The van der Waals surface area contributed by atoms with Crippen molar-refractivity contribution in [2.45, 2.75) is 24.6 Å². The van der Waals surface area contributed by atoms with Gasteiger partial charge >= 0.3 is 0 Å². The summed E-state index contributed by atoms with van der Waals surface area (Å²) < 4.78 is 0. The zero-order chi connectivity index (χ0) is 8.97. The van der Waals surface area contributed by atoms with Gasteiger partial charge in [0.05, 0.1) is 0 Å². The number of anilines is 1. The number of hydrogen-bond acceptors (Lipinski definition) is 2. The van der Waals surface area contributed by atoms with Gasteiger partial charge in [0.25, 0.3) is 0 Å². The number of rotatable bonds is 3. The standard InChI is InChI=1S/C9H13BrN2/c1-7(10)4-5-8-3-2-6-12-9(8)11/h2-3,6-7H,4-5H2,1H3,(H2,11,12). The third-order valence-corrected chi connectivity index (χ3v) is 2.20. The number of aryl methyl sites for hydroxylation is 1. The Labute approximate surface area is 81.3 Å². The minimum absolute atomic E-state index is 0.539. The number of nitrogens with zero attached hydrogens (tertiary/aromatic N) is 1. The molecule has 1 aromatic rings. The van der Waals surface area contributed by atoms with Crippen molar-refractivity contribution in [2.24, 2.45) is 0 Å². The Hall–Kier alpha value is -0.570. The second-order valence-electron chi connectivity index (χ2n) is 2.87. The maximum atomic E-state index is 5.68. The van der Waals surface area contributed by atoms with E-state index in [0.29, 0.717) is 10.6 Å². The van der Waals surface area contributed by atoms with Crippen LogP contribution in [0.3, 0.4) is 0 Å². The highest BCUT2D eigenvalue weighted by Crippen LogP contribution is 2.13. The molecule has 0 amide bonds. The van der Waals surface area contributed by atoms with Crippen molar-refractivity contribution in [3.63, 3.8) is 0 Å². The van der Waals surface area contributed by atoms with Gasteiger partial charge in [-0.1, -0.05) is 28.9 Å². The number of hydrogen-bond donors (Lipinski definition) is 1. The van der Waals surface area contributed by atoms with Crippen LogP contribution in [-0.2, 0) is 6.42 Å². The van der Waals surface area contributed by atoms with Gasteiger partial charge in [-0.15, -0.1) is 0 Å². The molecule has 66 valence electrons. The van der Waals surface area contributed by atoms with Gasteiger partial charge in [0.15, 0.2) is 0 Å². The van der Waals surface area contributed by atoms with E-state index in [9.17, 15) is 0 Å². The van der Waals surface area contributed by atoms with Gasteiger partial charge in [-0.2, -0.15) is 0 Å². The van der Waals surface area contributed by atoms with E-state index in [0.717, 1.165) is 18.4 Å². The van der Waals surface area contributed by atoms with Crippen LogP contribution in [0.2, 0.25) is 0 Å². The molecule has 0 saturated carbocycles. The summed E-state index contributed by atoms with van der Waals surface area (Å²) in [4.78, 5) is 4.56. The van der Waals surface area contributed by atoms with Crippen molar-refractivity contribution in [3.05, 3.63) is 23.9 Å². The summed E-state index contributed by atoms with van der Waals surface area (Å²) in [6.45, 7) is 2.13. The van der Waals surface area contributed by atoms with Gasteiger partial charge in [-0.05, 0) is 24.5 Å². The zero-order valence-electron chi connectivity index (χ0n) is 7.13. The molecule has 0 aromatic carbocycles. The fourth-order valence-electron chi connectivity index (χ4n) is 1.02. The Bertz CT molecular complexity index is 248. The van der Waals surface area contributed by atoms with Crippen molar-refractivity contribution in [2.75, 3.05) is 5.73 Å². The van der Waals surface area contributed by atoms with E-state index in [1.54, 1.807) is 6.20 Å². The average molecular weight is 229 g/mol. The Balaban J connectivity index is 2.57. The van der Waals surface area contributed by atoms with Gasteiger partial charge in [0.2, 0.25) is 0 Å². The molecule has 12 heavy (non-hydrogen) atoms. The molecule has 1 aromatic heterocycles. The van der Waals surface area contributed by atoms with Crippen LogP contribution in [0.5, 0.6) is 0 Å². The van der Waals surface area contributed by atoms with Crippen LogP contribution < -0.4 is 5.73 Å². The van der Waals surface area contributed by atoms with Gasteiger partial charge in [0.1, 0.15) is 5.82 Å². The molecule has 0 aliphatic carbocycles. The fourth-order valence-corrected chi connectivity index (χ4v) is 1.25. The molecule has 1 heterocycles. The molecular weight excluding hydrogens is 216 g/mol. The lowest BCUT2D eigenvalue weighted by Crippen LogP contribution is -2.00. The molecule has 1 rings (SSSR count). The first-order valence-corrected chi connectivity index (χ1v) is 4.95. The van der Waals surface area contributed by atoms with Crippen LogP contribution in [0.4, 0.5) is 5.82 Å². The van der Waals surface area contributed by atoms with Gasteiger partial charge in [-0.25, -0.2) is 4.98 Å². The largest absolute Gasteiger partial charge is 0.383 e. The first-order chi connectivity index (χ1) is 5.70. The highest BCUT2D eigenvalue weighted by atomic mass is 79.9. The monoisotopic (exact) mass is 228 g/mol. The zero-order valence-corrected chi connectivity index (χ0v) is 8.71. The second-order valence-corrected chi connectivity index (χ2v) is 4.43. The average Bonchev–Trinajstić information content (AvgIpc) is 2.03. The molecule has 1 unspecified atom stereocenters. The number of alkyl halides is 1. The van der Waals surface area contributed by atoms with Crippen molar-refractivity contribution in [3.8, 4) is 0 Å². The van der Waals surface area contributed by atoms with Crippen LogP contribution in [0, 0.1) is 0 Å². The lowest BCUT2D eigenvalue weighted by molar-refractivity contribution is 0.821. The molecular formula is C9H13BrN2. The lowest BCUT2D eigenvalue weighted by atomic mass is 10.1.